The van der Waals surface area contributed by atoms with Crippen LogP contribution in [0.15, 0.2) is 22.9 Å². The zero-order valence-electron chi connectivity index (χ0n) is 10.0. The van der Waals surface area contributed by atoms with E-state index < -0.39 is 5.97 Å². The van der Waals surface area contributed by atoms with Crippen LogP contribution < -0.4 is 5.32 Å². The van der Waals surface area contributed by atoms with Gasteiger partial charge in [0.2, 0.25) is 0 Å². The third kappa shape index (κ3) is 5.27. The van der Waals surface area contributed by atoms with Gasteiger partial charge in [0.1, 0.15) is 0 Å². The maximum atomic E-state index is 11.8. The summed E-state index contributed by atoms with van der Waals surface area (Å²) in [5.41, 5.74) is 0.481. The molecule has 2 N–H and O–H groups in total. The normalized spacial score (nSPS) is 11.9. The third-order valence-electron chi connectivity index (χ3n) is 2.37. The van der Waals surface area contributed by atoms with Gasteiger partial charge in [0, 0.05) is 29.3 Å². The molecule has 1 aromatic heterocycles. The Morgan fingerprint density at radius 3 is 2.83 bits per heavy atom. The van der Waals surface area contributed by atoms with Crippen LogP contribution in [0, 0.1) is 0 Å². The smallest absolute Gasteiger partial charge is 0.303 e. The second-order valence-electron chi connectivity index (χ2n) is 4.05. The van der Waals surface area contributed by atoms with E-state index in [-0.39, 0.29) is 18.4 Å². The van der Waals surface area contributed by atoms with Crippen molar-refractivity contribution in [3.63, 3.8) is 0 Å². The number of aromatic nitrogens is 1. The molecule has 6 heteroatoms. The molecule has 0 radical (unpaired) electrons. The van der Waals surface area contributed by atoms with E-state index in [1.807, 2.05) is 6.92 Å². The molecule has 0 fully saturated rings. The number of hydrogen-bond acceptors (Lipinski definition) is 3. The maximum Gasteiger partial charge on any atom is 0.303 e. The molecule has 0 aliphatic carbocycles. The fourth-order valence-corrected chi connectivity index (χ4v) is 1.84. The van der Waals surface area contributed by atoms with Crippen molar-refractivity contribution in [3.05, 3.63) is 28.5 Å². The van der Waals surface area contributed by atoms with Gasteiger partial charge < -0.3 is 10.4 Å². The molecule has 0 aliphatic heterocycles. The van der Waals surface area contributed by atoms with Crippen LogP contribution in [0.25, 0.3) is 0 Å². The number of halogens is 1. The Labute approximate surface area is 114 Å². The SMILES string of the molecule is CC(CCCC(=O)O)NC(=O)c1cncc(Br)c1. The molecule has 0 aromatic carbocycles. The Kier molecular flexibility index (Phi) is 5.77. The summed E-state index contributed by atoms with van der Waals surface area (Å²) in [5, 5.41) is 11.3. The Hall–Kier alpha value is -1.43. The van der Waals surface area contributed by atoms with Crippen molar-refractivity contribution in [2.24, 2.45) is 0 Å². The van der Waals surface area contributed by atoms with Crippen LogP contribution in [-0.4, -0.2) is 28.0 Å². The molecule has 0 bridgehead atoms. The molecule has 1 rings (SSSR count). The van der Waals surface area contributed by atoms with Crippen molar-refractivity contribution < 1.29 is 14.7 Å². The largest absolute Gasteiger partial charge is 0.481 e. The molecule has 18 heavy (non-hydrogen) atoms. The first-order valence-corrected chi connectivity index (χ1v) is 6.41. The fraction of sp³-hybridized carbons (Fsp3) is 0.417. The number of carbonyl (C=O) groups is 2. The highest BCUT2D eigenvalue weighted by molar-refractivity contribution is 9.10. The van der Waals surface area contributed by atoms with E-state index in [0.29, 0.717) is 18.4 Å². The van der Waals surface area contributed by atoms with Crippen LogP contribution in [0.1, 0.15) is 36.5 Å². The van der Waals surface area contributed by atoms with Gasteiger partial charge in [-0.1, -0.05) is 0 Å². The highest BCUT2D eigenvalue weighted by Crippen LogP contribution is 2.10. The minimum Gasteiger partial charge on any atom is -0.481 e. The number of aliphatic carboxylic acids is 1. The van der Waals surface area contributed by atoms with Gasteiger partial charge in [-0.05, 0) is 41.8 Å². The van der Waals surface area contributed by atoms with Gasteiger partial charge in [-0.15, -0.1) is 0 Å². The Morgan fingerprint density at radius 1 is 1.50 bits per heavy atom. The number of pyridine rings is 1. The summed E-state index contributed by atoms with van der Waals surface area (Å²) in [6, 6.07) is 1.63. The molecular weight excluding hydrogens is 300 g/mol. The van der Waals surface area contributed by atoms with Gasteiger partial charge in [-0.2, -0.15) is 0 Å². The van der Waals surface area contributed by atoms with Crippen molar-refractivity contribution in [1.29, 1.82) is 0 Å². The monoisotopic (exact) mass is 314 g/mol. The lowest BCUT2D eigenvalue weighted by Crippen LogP contribution is -2.32. The number of hydrogen-bond donors (Lipinski definition) is 2. The van der Waals surface area contributed by atoms with E-state index in [1.165, 1.54) is 6.20 Å². The average Bonchev–Trinajstić information content (AvgIpc) is 2.28. The predicted molar refractivity (Wildman–Crippen MR) is 70.4 cm³/mol. The Balaban J connectivity index is 2.42. The highest BCUT2D eigenvalue weighted by Gasteiger charge is 2.10. The van der Waals surface area contributed by atoms with Crippen LogP contribution in [0.5, 0.6) is 0 Å². The van der Waals surface area contributed by atoms with Gasteiger partial charge in [0.25, 0.3) is 5.91 Å². The average molecular weight is 315 g/mol. The Morgan fingerprint density at radius 2 is 2.22 bits per heavy atom. The van der Waals surface area contributed by atoms with Crippen LogP contribution >= 0.6 is 15.9 Å². The summed E-state index contributed by atoms with van der Waals surface area (Å²) < 4.78 is 0.744. The molecule has 1 atom stereocenters. The van der Waals surface area contributed by atoms with Gasteiger partial charge in [-0.25, -0.2) is 0 Å². The molecule has 1 heterocycles. The number of carbonyl (C=O) groups excluding carboxylic acids is 1. The molecule has 98 valence electrons. The number of amides is 1. The van der Waals surface area contributed by atoms with E-state index in [4.69, 9.17) is 5.11 Å². The molecule has 0 spiro atoms. The van der Waals surface area contributed by atoms with Crippen molar-refractivity contribution >= 4 is 27.8 Å². The topological polar surface area (TPSA) is 79.3 Å². The highest BCUT2D eigenvalue weighted by atomic mass is 79.9. The minimum atomic E-state index is -0.815. The van der Waals surface area contributed by atoms with Crippen molar-refractivity contribution in [3.8, 4) is 0 Å². The number of nitrogens with zero attached hydrogens (tertiary/aromatic N) is 1. The summed E-state index contributed by atoms with van der Waals surface area (Å²) in [4.78, 5) is 26.1. The maximum absolute atomic E-state index is 11.8. The van der Waals surface area contributed by atoms with Crippen LogP contribution in [0.4, 0.5) is 0 Å². The predicted octanol–water partition coefficient (Wildman–Crippen LogP) is 2.22. The van der Waals surface area contributed by atoms with Crippen molar-refractivity contribution in [2.45, 2.75) is 32.2 Å². The Bertz CT molecular complexity index is 437. The quantitative estimate of drug-likeness (QED) is 0.843. The number of rotatable bonds is 6. The molecule has 0 saturated carbocycles. The zero-order valence-corrected chi connectivity index (χ0v) is 11.6. The fourth-order valence-electron chi connectivity index (χ4n) is 1.47. The summed E-state index contributed by atoms with van der Waals surface area (Å²) >= 11 is 3.25. The van der Waals surface area contributed by atoms with Crippen LogP contribution in [0.3, 0.4) is 0 Å². The molecular formula is C12H15BrN2O3. The molecule has 1 aromatic rings. The summed E-state index contributed by atoms with van der Waals surface area (Å²) in [5.74, 6) is -1.02. The molecule has 5 nitrogen and oxygen atoms in total. The van der Waals surface area contributed by atoms with E-state index >= 15 is 0 Å². The second-order valence-corrected chi connectivity index (χ2v) is 4.97. The van der Waals surface area contributed by atoms with Crippen molar-refractivity contribution in [1.82, 2.24) is 10.3 Å². The lowest BCUT2D eigenvalue weighted by Gasteiger charge is -2.13. The van der Waals surface area contributed by atoms with E-state index in [1.54, 1.807) is 12.3 Å². The molecule has 0 saturated heterocycles. The number of carboxylic acids is 1. The van der Waals surface area contributed by atoms with Crippen LogP contribution in [-0.2, 0) is 4.79 Å². The summed E-state index contributed by atoms with van der Waals surface area (Å²) in [7, 11) is 0. The molecule has 0 aliphatic rings. The first-order chi connectivity index (χ1) is 8.49. The second kappa shape index (κ2) is 7.10. The lowest BCUT2D eigenvalue weighted by atomic mass is 10.1. The van der Waals surface area contributed by atoms with E-state index in [0.717, 1.165) is 4.47 Å². The third-order valence-corrected chi connectivity index (χ3v) is 2.81. The van der Waals surface area contributed by atoms with Gasteiger partial charge in [0.05, 0.1) is 5.56 Å². The van der Waals surface area contributed by atoms with E-state index in [9.17, 15) is 9.59 Å². The number of nitrogens with one attached hydrogen (secondary N) is 1. The van der Waals surface area contributed by atoms with Gasteiger partial charge in [-0.3, -0.25) is 14.6 Å². The van der Waals surface area contributed by atoms with Gasteiger partial charge in [0.15, 0.2) is 0 Å². The number of carboxylic acid groups (broad SMARTS) is 1. The summed E-state index contributed by atoms with van der Waals surface area (Å²) in [6.45, 7) is 1.85. The first kappa shape index (κ1) is 14.6. The molecule has 1 amide bonds. The van der Waals surface area contributed by atoms with Crippen molar-refractivity contribution in [2.75, 3.05) is 0 Å². The van der Waals surface area contributed by atoms with E-state index in [2.05, 4.69) is 26.2 Å². The minimum absolute atomic E-state index is 0.0594. The zero-order chi connectivity index (χ0) is 13.5. The van der Waals surface area contributed by atoms with Crippen LogP contribution in [0.2, 0.25) is 0 Å². The van der Waals surface area contributed by atoms with Gasteiger partial charge >= 0.3 is 5.97 Å². The standard InChI is InChI=1S/C12H15BrN2O3/c1-8(3-2-4-11(16)17)15-12(18)9-5-10(13)7-14-6-9/h5-8H,2-4H2,1H3,(H,15,18)(H,16,17). The summed E-state index contributed by atoms with van der Waals surface area (Å²) in [6.07, 6.45) is 4.41. The lowest BCUT2D eigenvalue weighted by molar-refractivity contribution is -0.137. The first-order valence-electron chi connectivity index (χ1n) is 5.62. The molecule has 1 unspecified atom stereocenters.